The van der Waals surface area contributed by atoms with Crippen LogP contribution >= 0.6 is 0 Å². The second kappa shape index (κ2) is 9.02. The zero-order valence-electron chi connectivity index (χ0n) is 17.7. The molecule has 0 fully saturated rings. The molecule has 0 aliphatic rings. The molecule has 3 aromatic heterocycles. The zero-order chi connectivity index (χ0) is 20.9. The average Bonchev–Trinajstić information content (AvgIpc) is 3.40. The van der Waals surface area contributed by atoms with Crippen molar-refractivity contribution in [1.82, 2.24) is 30.0 Å². The maximum absolute atomic E-state index is 5.44. The molecule has 0 radical (unpaired) electrons. The molecule has 0 aliphatic carbocycles. The van der Waals surface area contributed by atoms with Crippen LogP contribution in [0.5, 0.6) is 0 Å². The number of aromatic nitrogens is 6. The minimum Gasteiger partial charge on any atom is -0.355 e. The number of aryl methyl sites for hydroxylation is 3. The Morgan fingerprint density at radius 2 is 1.83 bits per heavy atom. The van der Waals surface area contributed by atoms with Gasteiger partial charge in [-0.25, -0.2) is 0 Å². The summed E-state index contributed by atoms with van der Waals surface area (Å²) in [6, 6.07) is 12.1. The van der Waals surface area contributed by atoms with E-state index in [0.717, 1.165) is 48.8 Å². The molecule has 0 saturated heterocycles. The highest BCUT2D eigenvalue weighted by Crippen LogP contribution is 2.18. The summed E-state index contributed by atoms with van der Waals surface area (Å²) in [5.41, 5.74) is 2.89. The first-order valence-electron chi connectivity index (χ1n) is 10.5. The molecule has 156 valence electrons. The summed E-state index contributed by atoms with van der Waals surface area (Å²) in [6.45, 7) is 8.31. The Morgan fingerprint density at radius 1 is 1.00 bits per heavy atom. The topological polar surface area (TPSA) is 85.2 Å². The highest BCUT2D eigenvalue weighted by Gasteiger charge is 2.14. The summed E-state index contributed by atoms with van der Waals surface area (Å²) in [6.07, 6.45) is 3.50. The van der Waals surface area contributed by atoms with Crippen LogP contribution in [-0.4, -0.2) is 43.0 Å². The normalized spacial score (nSPS) is 11.3. The number of fused-ring (bicyclic) bond motifs is 1. The third-order valence-corrected chi connectivity index (χ3v) is 5.14. The Balaban J connectivity index is 1.49. The van der Waals surface area contributed by atoms with Gasteiger partial charge in [0.1, 0.15) is 5.82 Å². The van der Waals surface area contributed by atoms with Gasteiger partial charge >= 0.3 is 0 Å². The van der Waals surface area contributed by atoms with Crippen LogP contribution < -0.4 is 4.90 Å². The lowest BCUT2D eigenvalue weighted by Crippen LogP contribution is -2.25. The van der Waals surface area contributed by atoms with Gasteiger partial charge in [-0.05, 0) is 32.4 Å². The van der Waals surface area contributed by atoms with Gasteiger partial charge in [0.2, 0.25) is 11.7 Å². The third kappa shape index (κ3) is 4.32. The van der Waals surface area contributed by atoms with Crippen LogP contribution in [0.4, 0.5) is 5.82 Å². The minimum absolute atomic E-state index is 0.580. The number of hydrogen-bond acceptors (Lipinski definition) is 7. The number of unbranched alkanes of at least 4 members (excludes halogenated alkanes) is 1. The van der Waals surface area contributed by atoms with Crippen molar-refractivity contribution in [2.24, 2.45) is 0 Å². The Hall–Kier alpha value is -3.29. The first kappa shape index (κ1) is 20.0. The first-order chi connectivity index (χ1) is 14.7. The van der Waals surface area contributed by atoms with Gasteiger partial charge in [0.15, 0.2) is 11.5 Å². The molecule has 0 saturated carbocycles. The van der Waals surface area contributed by atoms with Gasteiger partial charge in [-0.2, -0.15) is 9.50 Å². The van der Waals surface area contributed by atoms with Crippen LogP contribution in [0, 0.1) is 6.92 Å². The Bertz CT molecular complexity index is 1100. The maximum Gasteiger partial charge on any atom is 0.227 e. The van der Waals surface area contributed by atoms with Gasteiger partial charge in [-0.15, -0.1) is 15.3 Å². The largest absolute Gasteiger partial charge is 0.355 e. The van der Waals surface area contributed by atoms with E-state index in [1.54, 1.807) is 0 Å². The van der Waals surface area contributed by atoms with E-state index in [2.05, 4.69) is 46.0 Å². The average molecular weight is 406 g/mol. The summed E-state index contributed by atoms with van der Waals surface area (Å²) < 4.78 is 7.26. The monoisotopic (exact) mass is 405 g/mol. The van der Waals surface area contributed by atoms with Crippen LogP contribution in [-0.2, 0) is 12.8 Å². The lowest BCUT2D eigenvalue weighted by atomic mass is 10.1. The summed E-state index contributed by atoms with van der Waals surface area (Å²) in [5, 5.41) is 17.4. The molecule has 3 heterocycles. The molecule has 0 spiro atoms. The predicted molar refractivity (Wildman–Crippen MR) is 115 cm³/mol. The second-order valence-electron chi connectivity index (χ2n) is 7.39. The van der Waals surface area contributed by atoms with E-state index in [-0.39, 0.29) is 0 Å². The van der Waals surface area contributed by atoms with E-state index >= 15 is 0 Å². The molecular weight excluding hydrogens is 378 g/mol. The Kier molecular flexibility index (Phi) is 6.02. The van der Waals surface area contributed by atoms with Crippen molar-refractivity contribution in [2.45, 2.75) is 46.5 Å². The molecule has 0 atom stereocenters. The van der Waals surface area contributed by atoms with Crippen LogP contribution in [0.15, 0.2) is 40.9 Å². The van der Waals surface area contributed by atoms with E-state index in [4.69, 9.17) is 9.62 Å². The number of nitrogens with zero attached hydrogens (tertiary/aromatic N) is 7. The standard InChI is InChI=1S/C22H27N7O/c1-4-6-15-28(5-2)20-12-11-18-24-25-19(29(18)26-20)13-14-21-23-22(27-30-21)17-9-7-16(3)8-10-17/h7-12H,4-6,13-15H2,1-3H3. The number of hydrogen-bond donors (Lipinski definition) is 0. The molecule has 1 aromatic carbocycles. The fourth-order valence-electron chi connectivity index (χ4n) is 3.33. The molecule has 4 rings (SSSR count). The number of benzene rings is 1. The van der Waals surface area contributed by atoms with E-state index in [0.29, 0.717) is 24.6 Å². The van der Waals surface area contributed by atoms with Crippen molar-refractivity contribution >= 4 is 11.5 Å². The van der Waals surface area contributed by atoms with Gasteiger partial charge in [-0.3, -0.25) is 0 Å². The zero-order valence-corrected chi connectivity index (χ0v) is 17.7. The van der Waals surface area contributed by atoms with Crippen molar-refractivity contribution < 1.29 is 4.52 Å². The Labute approximate surface area is 175 Å². The molecule has 8 nitrogen and oxygen atoms in total. The quantitative estimate of drug-likeness (QED) is 0.417. The molecule has 30 heavy (non-hydrogen) atoms. The van der Waals surface area contributed by atoms with Crippen molar-refractivity contribution in [3.05, 3.63) is 53.7 Å². The van der Waals surface area contributed by atoms with Crippen molar-refractivity contribution in [1.29, 1.82) is 0 Å². The summed E-state index contributed by atoms with van der Waals surface area (Å²) in [5.74, 6) is 2.91. The molecule has 4 aromatic rings. The van der Waals surface area contributed by atoms with E-state index in [9.17, 15) is 0 Å². The fraction of sp³-hybridized carbons (Fsp3) is 0.409. The van der Waals surface area contributed by atoms with Crippen molar-refractivity contribution in [3.63, 3.8) is 0 Å². The van der Waals surface area contributed by atoms with Gasteiger partial charge in [0.05, 0.1) is 0 Å². The third-order valence-electron chi connectivity index (χ3n) is 5.14. The molecule has 0 amide bonds. The predicted octanol–water partition coefficient (Wildman–Crippen LogP) is 3.89. The molecule has 0 N–H and O–H groups in total. The van der Waals surface area contributed by atoms with Crippen LogP contribution in [0.2, 0.25) is 0 Å². The molecular formula is C22H27N7O. The highest BCUT2D eigenvalue weighted by molar-refractivity contribution is 5.54. The van der Waals surface area contributed by atoms with Crippen LogP contribution in [0.1, 0.15) is 44.0 Å². The maximum atomic E-state index is 5.44. The molecule has 8 heteroatoms. The minimum atomic E-state index is 0.580. The summed E-state index contributed by atoms with van der Waals surface area (Å²) in [7, 11) is 0. The van der Waals surface area contributed by atoms with Gasteiger partial charge < -0.3 is 9.42 Å². The summed E-state index contributed by atoms with van der Waals surface area (Å²) in [4.78, 5) is 6.79. The van der Waals surface area contributed by atoms with Gasteiger partial charge in [-0.1, -0.05) is 48.3 Å². The number of anilines is 1. The van der Waals surface area contributed by atoms with E-state index in [1.165, 1.54) is 5.56 Å². The lowest BCUT2D eigenvalue weighted by Gasteiger charge is -2.21. The van der Waals surface area contributed by atoms with Crippen molar-refractivity contribution in [3.8, 4) is 11.4 Å². The van der Waals surface area contributed by atoms with E-state index in [1.807, 2.05) is 40.9 Å². The van der Waals surface area contributed by atoms with E-state index < -0.39 is 0 Å². The van der Waals surface area contributed by atoms with Gasteiger partial charge in [0.25, 0.3) is 0 Å². The fourth-order valence-corrected chi connectivity index (χ4v) is 3.33. The second-order valence-corrected chi connectivity index (χ2v) is 7.39. The lowest BCUT2D eigenvalue weighted by molar-refractivity contribution is 0.377. The van der Waals surface area contributed by atoms with Crippen LogP contribution in [0.25, 0.3) is 17.0 Å². The van der Waals surface area contributed by atoms with Crippen molar-refractivity contribution in [2.75, 3.05) is 18.0 Å². The highest BCUT2D eigenvalue weighted by atomic mass is 16.5. The molecule has 0 aliphatic heterocycles. The summed E-state index contributed by atoms with van der Waals surface area (Å²) >= 11 is 0. The first-order valence-corrected chi connectivity index (χ1v) is 10.5. The number of rotatable bonds is 9. The molecule has 0 bridgehead atoms. The molecule has 0 unspecified atom stereocenters. The Morgan fingerprint density at radius 3 is 2.60 bits per heavy atom. The smallest absolute Gasteiger partial charge is 0.227 e. The van der Waals surface area contributed by atoms with Gasteiger partial charge in [0, 0.05) is 31.5 Å². The SMILES string of the molecule is CCCCN(CC)c1ccc2nnc(CCc3nc(-c4ccc(C)cc4)no3)n2n1. The van der Waals surface area contributed by atoms with Crippen LogP contribution in [0.3, 0.4) is 0 Å².